The minimum absolute atomic E-state index is 0.588. The van der Waals surface area contributed by atoms with Crippen LogP contribution in [0, 0.1) is 225 Å². The van der Waals surface area contributed by atoms with Gasteiger partial charge in [0.05, 0.1) is 0 Å². The Balaban J connectivity index is 0.773. The van der Waals surface area contributed by atoms with Gasteiger partial charge in [-0.3, -0.25) is 0 Å². The number of hydrogen-bond donors (Lipinski definition) is 0. The molecule has 26 aliphatic carbocycles. The van der Waals surface area contributed by atoms with Crippen LogP contribution in [0.1, 0.15) is 110 Å². The van der Waals surface area contributed by atoms with Gasteiger partial charge in [-0.1, -0.05) is 96.9 Å². The quantitative estimate of drug-likeness (QED) is 0.233. The molecule has 0 heteroatoms. The molecule has 286 valence electrons. The molecule has 0 aromatic rings. The number of hydrogen-bond acceptors (Lipinski definition) is 0. The Hall–Kier alpha value is 0. The van der Waals surface area contributed by atoms with Crippen molar-refractivity contribution in [3.8, 4) is 0 Å². The van der Waals surface area contributed by atoms with E-state index in [1.54, 1.807) is 12.8 Å². The fourth-order valence-electron chi connectivity index (χ4n) is 48.8. The topological polar surface area (TPSA) is 0 Å². The molecule has 0 N–H and O–H groups in total. The first kappa shape index (κ1) is 25.8. The van der Waals surface area contributed by atoms with Crippen LogP contribution in [-0.4, -0.2) is 0 Å². The van der Waals surface area contributed by atoms with Crippen LogP contribution >= 0.6 is 0 Å². The lowest BCUT2D eigenvalue weighted by atomic mass is 8.56. The van der Waals surface area contributed by atoms with Crippen LogP contribution in [0.5, 0.6) is 0 Å². The minimum Gasteiger partial charge on any atom is -0.0617 e. The van der Waals surface area contributed by atoms with Crippen molar-refractivity contribution in [3.63, 3.8) is 0 Å². The van der Waals surface area contributed by atoms with Crippen molar-refractivity contribution >= 4 is 0 Å². The summed E-state index contributed by atoms with van der Waals surface area (Å²) in [5.74, 6) is 18.8. The largest absolute Gasteiger partial charge is 0.0617 e. The van der Waals surface area contributed by atoms with Gasteiger partial charge in [0.1, 0.15) is 0 Å². The Morgan fingerprint density at radius 2 is 0.464 bits per heavy atom. The molecule has 0 saturated heterocycles. The second-order valence-corrected chi connectivity index (χ2v) is 33.2. The summed E-state index contributed by atoms with van der Waals surface area (Å²) >= 11 is 0. The molecule has 0 nitrogen and oxygen atoms in total. The summed E-state index contributed by atoms with van der Waals surface area (Å²) in [6, 6.07) is 0. The summed E-state index contributed by atoms with van der Waals surface area (Å²) in [6.07, 6.45) is 3.36. The molecule has 0 heterocycles. The van der Waals surface area contributed by atoms with Gasteiger partial charge in [0.15, 0.2) is 0 Å². The first-order valence-corrected chi connectivity index (χ1v) is 26.2. The van der Waals surface area contributed by atoms with E-state index in [0.717, 1.165) is 88.7 Å². The molecular formula is C56H62. The van der Waals surface area contributed by atoms with Crippen molar-refractivity contribution in [1.82, 2.24) is 0 Å². The summed E-state index contributed by atoms with van der Waals surface area (Å²) in [6.45, 7) is 42.9. The van der Waals surface area contributed by atoms with Gasteiger partial charge in [-0.25, -0.2) is 0 Å². The van der Waals surface area contributed by atoms with Crippen molar-refractivity contribution in [1.29, 1.82) is 0 Å². The highest BCUT2D eigenvalue weighted by molar-refractivity contribution is 5.93. The molecule has 26 fully saturated rings. The van der Waals surface area contributed by atoms with Crippen LogP contribution in [0.25, 0.3) is 0 Å². The zero-order valence-corrected chi connectivity index (χ0v) is 36.7. The zero-order valence-electron chi connectivity index (χ0n) is 36.7. The van der Waals surface area contributed by atoms with Gasteiger partial charge in [-0.2, -0.15) is 0 Å². The van der Waals surface area contributed by atoms with E-state index in [0.29, 0.717) is 65.0 Å². The highest BCUT2D eigenvalue weighted by Crippen LogP contribution is 3.50. The van der Waals surface area contributed by atoms with Crippen molar-refractivity contribution in [3.05, 3.63) is 0 Å². The van der Waals surface area contributed by atoms with Gasteiger partial charge >= 0.3 is 0 Å². The lowest BCUT2D eigenvalue weighted by Gasteiger charge is -3.46. The average molecular weight is 735 g/mol. The Labute approximate surface area is 333 Å². The second kappa shape index (κ2) is 4.26. The van der Waals surface area contributed by atoms with Gasteiger partial charge in [-0.05, 0) is 237 Å². The Kier molecular flexibility index (Phi) is 1.96. The standard InChI is InChI=1S/C56H62/c1-17-19-15-21-23-25-27-29-31-32-30-28-26-24-22-16-20-18(2)34(4)36(6)38(8)40(10)42(12)44(14)43(13)41(11)39(9)37(7)35(5)33(17,3)45(19,21)47(23,35)49(25,37)51(27,39)53(29,41)55(31,43)56(32,44)54(30,42)52(28,40)50(26,38)48(24,36)46(20,22)34/h17-32H,15-16H2,1-14H3. The van der Waals surface area contributed by atoms with E-state index in [2.05, 4.69) is 96.9 Å². The predicted molar refractivity (Wildman–Crippen MR) is 203 cm³/mol. The maximum atomic E-state index is 3.18. The zero-order chi connectivity index (χ0) is 36.7. The Bertz CT molecular complexity index is 2660. The van der Waals surface area contributed by atoms with Crippen molar-refractivity contribution in [2.75, 3.05) is 0 Å². The molecule has 0 radical (unpaired) electrons. The predicted octanol–water partition coefficient (Wildman–Crippen LogP) is 9.93. The molecule has 26 rings (SSSR count). The third kappa shape index (κ3) is 0.711. The van der Waals surface area contributed by atoms with E-state index in [9.17, 15) is 0 Å². The van der Waals surface area contributed by atoms with Crippen molar-refractivity contribution in [2.45, 2.75) is 110 Å². The molecule has 56 heavy (non-hydrogen) atoms. The maximum absolute atomic E-state index is 3.18. The number of rotatable bonds is 0. The third-order valence-corrected chi connectivity index (χ3v) is 43.3. The van der Waals surface area contributed by atoms with E-state index in [-0.39, 0.29) is 0 Å². The molecule has 40 atom stereocenters. The molecule has 0 aromatic carbocycles. The summed E-state index contributed by atoms with van der Waals surface area (Å²) in [4.78, 5) is 0. The summed E-state index contributed by atoms with van der Waals surface area (Å²) < 4.78 is 0. The summed E-state index contributed by atoms with van der Waals surface area (Å²) in [7, 11) is 0. The Morgan fingerprint density at radius 1 is 0.250 bits per heavy atom. The normalized spacial score (nSPS) is 115. The average Bonchev–Trinajstić information content (AvgIpc) is 3.12. The lowest BCUT2D eigenvalue weighted by Crippen LogP contribution is -3.45. The van der Waals surface area contributed by atoms with Gasteiger partial charge in [-0.15, -0.1) is 0 Å². The van der Waals surface area contributed by atoms with Crippen molar-refractivity contribution in [2.24, 2.45) is 225 Å². The molecule has 0 bridgehead atoms. The van der Waals surface area contributed by atoms with Crippen LogP contribution < -0.4 is 0 Å². The maximum Gasteiger partial charge on any atom is -0.00566 e. The fourth-order valence-corrected chi connectivity index (χ4v) is 48.8. The van der Waals surface area contributed by atoms with Gasteiger partial charge in [0.25, 0.3) is 0 Å². The molecule has 0 aromatic heterocycles. The summed E-state index contributed by atoms with van der Waals surface area (Å²) in [5, 5.41) is 0. The van der Waals surface area contributed by atoms with E-state index in [1.165, 1.54) is 71.0 Å². The van der Waals surface area contributed by atoms with E-state index in [4.69, 9.17) is 0 Å². The van der Waals surface area contributed by atoms with E-state index >= 15 is 0 Å². The first-order valence-electron chi connectivity index (χ1n) is 26.2. The highest BCUT2D eigenvalue weighted by atomic mass is 15.5. The highest BCUT2D eigenvalue weighted by Gasteiger charge is 3.48. The molecular weight excluding hydrogens is 673 g/mol. The second-order valence-electron chi connectivity index (χ2n) is 33.2. The molecule has 26 saturated carbocycles. The van der Waals surface area contributed by atoms with E-state index in [1.807, 2.05) is 0 Å². The minimum atomic E-state index is 0.588. The molecule has 40 unspecified atom stereocenters. The van der Waals surface area contributed by atoms with Crippen LogP contribution in [0.15, 0.2) is 0 Å². The van der Waals surface area contributed by atoms with Crippen LogP contribution in [0.3, 0.4) is 0 Å². The first-order chi connectivity index (χ1) is 26.2. The SMILES string of the molecule is CC1C2CC3C4C5C6C7C8C9C%10C%11C%12C%13C%14CC%15C(C)C%16(C)C%15%14C%13%14C%16(C)C%13(C)C%15(C)C%16(C)C%17(C)C%18(C)C%19(C)C%20(C)C%21(C)C%22(C)C1(C)C23C4%22C5%21C6%20C7%19C8%18C9%17C%10%16C%11%15C%12%13%14. The van der Waals surface area contributed by atoms with E-state index < -0.39 is 0 Å². The summed E-state index contributed by atoms with van der Waals surface area (Å²) in [5.41, 5.74) is 17.3. The monoisotopic (exact) mass is 734 g/mol. The molecule has 12 spiro atoms. The van der Waals surface area contributed by atoms with Crippen LogP contribution in [-0.2, 0) is 0 Å². The van der Waals surface area contributed by atoms with Gasteiger partial charge < -0.3 is 0 Å². The fraction of sp³-hybridized carbons (Fsp3) is 1.00. The molecule has 0 aliphatic heterocycles. The third-order valence-electron chi connectivity index (χ3n) is 43.3. The molecule has 26 aliphatic rings. The molecule has 0 amide bonds. The van der Waals surface area contributed by atoms with Crippen molar-refractivity contribution < 1.29 is 0 Å². The van der Waals surface area contributed by atoms with Crippen LogP contribution in [0.2, 0.25) is 0 Å². The lowest BCUT2D eigenvalue weighted by molar-refractivity contribution is -1.02. The van der Waals surface area contributed by atoms with Gasteiger partial charge in [0, 0.05) is 0 Å². The smallest absolute Gasteiger partial charge is 0.00566 e. The van der Waals surface area contributed by atoms with Crippen LogP contribution in [0.4, 0.5) is 0 Å². The van der Waals surface area contributed by atoms with Gasteiger partial charge in [0.2, 0.25) is 0 Å². The Morgan fingerprint density at radius 3 is 0.732 bits per heavy atom. The number of fused-ring (bicyclic) bond motifs is 22.